The Morgan fingerprint density at radius 1 is 1.07 bits per heavy atom. The molecule has 1 atom stereocenters. The Labute approximate surface area is 166 Å². The number of carboxylic acid groups (broad SMARTS) is 1. The number of alkyl carbamates (subject to hydrolysis) is 1. The van der Waals surface area contributed by atoms with Gasteiger partial charge in [0.05, 0.1) is 18.2 Å². The number of aliphatic carboxylic acids is 1. The normalized spacial score (nSPS) is 10.9. The molecule has 2 aromatic carbocycles. The summed E-state index contributed by atoms with van der Waals surface area (Å²) < 4.78 is 10.3. The van der Waals surface area contributed by atoms with Crippen molar-refractivity contribution in [2.24, 2.45) is 0 Å². The molecule has 0 aromatic heterocycles. The van der Waals surface area contributed by atoms with Crippen LogP contribution in [0.2, 0.25) is 0 Å². The molecule has 0 bridgehead atoms. The van der Waals surface area contributed by atoms with Gasteiger partial charge in [0, 0.05) is 0 Å². The minimum atomic E-state index is -1.80. The predicted molar refractivity (Wildman–Crippen MR) is 101 cm³/mol. The molecule has 0 unspecified atom stereocenters. The highest BCUT2D eigenvalue weighted by Gasteiger charge is 2.28. The van der Waals surface area contributed by atoms with Gasteiger partial charge in [0.15, 0.2) is 0 Å². The van der Waals surface area contributed by atoms with Crippen LogP contribution >= 0.6 is 0 Å². The summed E-state index contributed by atoms with van der Waals surface area (Å²) in [5.41, 5.74) is 1.21. The Kier molecular flexibility index (Phi) is 8.01. The number of nitrogens with one attached hydrogen (secondary N) is 2. The van der Waals surface area contributed by atoms with Crippen LogP contribution in [0.1, 0.15) is 11.1 Å². The average molecular weight is 397 g/mol. The molecule has 0 aliphatic heterocycles. The summed E-state index contributed by atoms with van der Waals surface area (Å²) in [6.07, 6.45) is -1.02. The highest BCUT2D eigenvalue weighted by Crippen LogP contribution is 2.11. The molecule has 2 aromatic rings. The van der Waals surface area contributed by atoms with Gasteiger partial charge >= 0.3 is 12.1 Å². The molecule has 2 rings (SSSR count). The molecule has 0 aliphatic carbocycles. The molecular weight excluding hydrogens is 378 g/mol. The summed E-state index contributed by atoms with van der Waals surface area (Å²) in [5.74, 6) is -1.93. The molecule has 0 spiro atoms. The summed E-state index contributed by atoms with van der Waals surface area (Å²) in [7, 11) is 0. The molecule has 9 nitrogen and oxygen atoms in total. The number of nitriles is 1. The van der Waals surface area contributed by atoms with E-state index in [1.165, 1.54) is 0 Å². The first-order valence-electron chi connectivity index (χ1n) is 8.60. The molecule has 0 saturated carbocycles. The van der Waals surface area contributed by atoms with E-state index in [-0.39, 0.29) is 19.8 Å². The average Bonchev–Trinajstić information content (AvgIpc) is 2.74. The van der Waals surface area contributed by atoms with Crippen LogP contribution in [-0.4, -0.2) is 42.3 Å². The lowest BCUT2D eigenvalue weighted by molar-refractivity contribution is -0.143. The first kappa shape index (κ1) is 21.2. The van der Waals surface area contributed by atoms with Gasteiger partial charge in [-0.05, 0) is 29.8 Å². The van der Waals surface area contributed by atoms with Crippen LogP contribution < -0.4 is 15.4 Å². The van der Waals surface area contributed by atoms with Crippen LogP contribution in [0, 0.1) is 11.3 Å². The molecule has 0 saturated heterocycles. The maximum atomic E-state index is 12.0. The maximum absolute atomic E-state index is 12.0. The van der Waals surface area contributed by atoms with E-state index in [0.717, 1.165) is 5.56 Å². The smallest absolute Gasteiger partial charge is 0.408 e. The van der Waals surface area contributed by atoms with Gasteiger partial charge in [-0.3, -0.25) is 10.1 Å². The topological polar surface area (TPSA) is 138 Å². The zero-order valence-electron chi connectivity index (χ0n) is 15.3. The number of hydrogen-bond acceptors (Lipinski definition) is 6. The van der Waals surface area contributed by atoms with E-state index in [1.807, 2.05) is 11.4 Å². The van der Waals surface area contributed by atoms with Crippen molar-refractivity contribution in [1.82, 2.24) is 10.6 Å². The van der Waals surface area contributed by atoms with Crippen LogP contribution in [0.25, 0.3) is 0 Å². The second kappa shape index (κ2) is 10.9. The molecule has 0 aliphatic rings. The van der Waals surface area contributed by atoms with Gasteiger partial charge in [0.1, 0.15) is 19.0 Å². The number of rotatable bonds is 9. The molecule has 29 heavy (non-hydrogen) atoms. The summed E-state index contributed by atoms with van der Waals surface area (Å²) in [6.45, 7) is 0.0326. The van der Waals surface area contributed by atoms with E-state index in [0.29, 0.717) is 11.3 Å². The van der Waals surface area contributed by atoms with Crippen molar-refractivity contribution in [2.45, 2.75) is 12.6 Å². The Morgan fingerprint density at radius 2 is 1.76 bits per heavy atom. The largest absolute Gasteiger partial charge is 0.492 e. The third kappa shape index (κ3) is 7.22. The number of hydrogen-bond donors (Lipinski definition) is 3. The fourth-order valence-corrected chi connectivity index (χ4v) is 2.19. The van der Waals surface area contributed by atoms with Gasteiger partial charge < -0.3 is 19.9 Å². The van der Waals surface area contributed by atoms with E-state index in [9.17, 15) is 19.5 Å². The standard InChI is InChI=1S/C20H19N3O6/c21-12-14-6-8-16(9-7-14)28-11-10-22-18(24)17(19(25)26)23-20(27)29-13-15-4-2-1-3-5-15/h1-9,17H,10-11,13H2,(H,22,24)(H,23,27)(H,25,26)/t17-/m0/s1. The minimum Gasteiger partial charge on any atom is -0.492 e. The van der Waals surface area contributed by atoms with Crippen molar-refractivity contribution in [2.75, 3.05) is 13.2 Å². The van der Waals surface area contributed by atoms with Gasteiger partial charge in [0.2, 0.25) is 6.04 Å². The molecule has 9 heteroatoms. The maximum Gasteiger partial charge on any atom is 0.408 e. The number of ether oxygens (including phenoxy) is 2. The summed E-state index contributed by atoms with van der Waals surface area (Å²) in [4.78, 5) is 35.1. The van der Waals surface area contributed by atoms with Gasteiger partial charge in [-0.15, -0.1) is 0 Å². The molecule has 2 amide bonds. The van der Waals surface area contributed by atoms with Gasteiger partial charge in [0.25, 0.3) is 5.91 Å². The van der Waals surface area contributed by atoms with Crippen molar-refractivity contribution in [1.29, 1.82) is 5.26 Å². The summed E-state index contributed by atoms with van der Waals surface area (Å²) in [6, 6.07) is 15.4. The number of carbonyl (C=O) groups excluding carboxylic acids is 2. The molecule has 150 valence electrons. The number of amides is 2. The number of nitrogens with zero attached hydrogens (tertiary/aromatic N) is 1. The number of benzene rings is 2. The van der Waals surface area contributed by atoms with E-state index in [1.54, 1.807) is 54.6 Å². The molecule has 0 fully saturated rings. The molecule has 0 radical (unpaired) electrons. The zero-order valence-corrected chi connectivity index (χ0v) is 15.3. The van der Waals surface area contributed by atoms with Crippen LogP contribution in [0.3, 0.4) is 0 Å². The Bertz CT molecular complexity index is 877. The zero-order chi connectivity index (χ0) is 21.1. The lowest BCUT2D eigenvalue weighted by Gasteiger charge is -2.15. The van der Waals surface area contributed by atoms with Crippen molar-refractivity contribution in [3.8, 4) is 11.8 Å². The third-order valence-electron chi connectivity index (χ3n) is 3.64. The number of carboxylic acids is 1. The van der Waals surface area contributed by atoms with Gasteiger partial charge in [-0.2, -0.15) is 5.26 Å². The predicted octanol–water partition coefficient (Wildman–Crippen LogP) is 1.43. The van der Waals surface area contributed by atoms with Crippen molar-refractivity contribution >= 4 is 18.0 Å². The quantitative estimate of drug-likeness (QED) is 0.430. The lowest BCUT2D eigenvalue weighted by Crippen LogP contribution is -2.52. The van der Waals surface area contributed by atoms with E-state index in [4.69, 9.17) is 14.7 Å². The fourth-order valence-electron chi connectivity index (χ4n) is 2.19. The van der Waals surface area contributed by atoms with E-state index >= 15 is 0 Å². The number of carbonyl (C=O) groups is 3. The van der Waals surface area contributed by atoms with Crippen molar-refractivity contribution in [3.05, 3.63) is 65.7 Å². The molecule has 3 N–H and O–H groups in total. The van der Waals surface area contributed by atoms with Crippen molar-refractivity contribution < 1.29 is 29.0 Å². The minimum absolute atomic E-state index is 0.0172. The van der Waals surface area contributed by atoms with Crippen LogP contribution in [0.15, 0.2) is 54.6 Å². The SMILES string of the molecule is N#Cc1ccc(OCCNC(=O)[C@H](NC(=O)OCc2ccccc2)C(=O)O)cc1. The monoisotopic (exact) mass is 397 g/mol. The first-order chi connectivity index (χ1) is 14.0. The highest BCUT2D eigenvalue weighted by molar-refractivity contribution is 6.03. The highest BCUT2D eigenvalue weighted by atomic mass is 16.5. The van der Waals surface area contributed by atoms with E-state index in [2.05, 4.69) is 5.32 Å². The van der Waals surface area contributed by atoms with Gasteiger partial charge in [-0.25, -0.2) is 9.59 Å². The Hall–Kier alpha value is -4.06. The van der Waals surface area contributed by atoms with Crippen LogP contribution in [0.4, 0.5) is 4.79 Å². The summed E-state index contributed by atoms with van der Waals surface area (Å²) >= 11 is 0. The molecule has 0 heterocycles. The molecular formula is C20H19N3O6. The summed E-state index contributed by atoms with van der Waals surface area (Å²) in [5, 5.41) is 22.3. The Morgan fingerprint density at radius 3 is 2.38 bits per heavy atom. The van der Waals surface area contributed by atoms with Crippen molar-refractivity contribution in [3.63, 3.8) is 0 Å². The van der Waals surface area contributed by atoms with E-state index < -0.39 is 24.0 Å². The Balaban J connectivity index is 1.75. The first-order valence-corrected chi connectivity index (χ1v) is 8.60. The second-order valence-electron chi connectivity index (χ2n) is 5.75. The van der Waals surface area contributed by atoms with Gasteiger partial charge in [-0.1, -0.05) is 30.3 Å². The van der Waals surface area contributed by atoms with Crippen LogP contribution in [0.5, 0.6) is 5.75 Å². The van der Waals surface area contributed by atoms with Crippen LogP contribution in [-0.2, 0) is 20.9 Å². The lowest BCUT2D eigenvalue weighted by atomic mass is 10.2. The third-order valence-corrected chi connectivity index (χ3v) is 3.64. The fraction of sp³-hybridized carbons (Fsp3) is 0.200. The second-order valence-corrected chi connectivity index (χ2v) is 5.75.